The molecule has 0 aromatic heterocycles. The van der Waals surface area contributed by atoms with Crippen LogP contribution in [0.2, 0.25) is 0 Å². The highest BCUT2D eigenvalue weighted by atomic mass is 17.2. The van der Waals surface area contributed by atoms with Crippen LogP contribution in [0.3, 0.4) is 0 Å². The van der Waals surface area contributed by atoms with Crippen molar-refractivity contribution >= 4 is 0 Å². The molecule has 0 heterocycles. The first-order valence-electron chi connectivity index (χ1n) is 9.87. The summed E-state index contributed by atoms with van der Waals surface area (Å²) in [5, 5.41) is 0. The van der Waals surface area contributed by atoms with E-state index in [4.69, 9.17) is 9.78 Å². The molecular formula is C20H42O2. The molecule has 0 atom stereocenters. The molecule has 0 radical (unpaired) electrons. The highest BCUT2D eigenvalue weighted by Crippen LogP contribution is 2.11. The molecule has 134 valence electrons. The van der Waals surface area contributed by atoms with Crippen LogP contribution in [-0.2, 0) is 9.78 Å². The molecule has 0 rings (SSSR count). The summed E-state index contributed by atoms with van der Waals surface area (Å²) in [4.78, 5) is 10.5. The van der Waals surface area contributed by atoms with Crippen molar-refractivity contribution in [3.05, 3.63) is 0 Å². The summed E-state index contributed by atoms with van der Waals surface area (Å²) >= 11 is 0. The lowest BCUT2D eigenvalue weighted by atomic mass is 10.0. The first-order chi connectivity index (χ1) is 10.6. The van der Waals surface area contributed by atoms with Gasteiger partial charge < -0.3 is 0 Å². The van der Waals surface area contributed by atoms with Gasteiger partial charge in [0.05, 0.1) is 13.2 Å². The lowest BCUT2D eigenvalue weighted by Gasteiger charge is -2.06. The van der Waals surface area contributed by atoms with Gasteiger partial charge in [-0.05, 0) is 24.7 Å². The van der Waals surface area contributed by atoms with Crippen LogP contribution < -0.4 is 0 Å². The molecule has 0 aromatic carbocycles. The number of hydrogen-bond donors (Lipinski definition) is 0. The second-order valence-corrected chi connectivity index (χ2v) is 7.54. The van der Waals surface area contributed by atoms with Crippen LogP contribution in [0.1, 0.15) is 105 Å². The second-order valence-electron chi connectivity index (χ2n) is 7.54. The summed E-state index contributed by atoms with van der Waals surface area (Å²) in [6, 6.07) is 0. The van der Waals surface area contributed by atoms with Crippen molar-refractivity contribution in [3.8, 4) is 0 Å². The fourth-order valence-corrected chi connectivity index (χ4v) is 2.61. The Morgan fingerprint density at radius 2 is 0.773 bits per heavy atom. The third-order valence-electron chi connectivity index (χ3n) is 4.10. The SMILES string of the molecule is CC(C)CCCCCCCOOCCCCCCCC(C)C. The number of rotatable bonds is 17. The highest BCUT2D eigenvalue weighted by molar-refractivity contribution is 4.49. The first kappa shape index (κ1) is 21.9. The molecule has 0 bridgehead atoms. The van der Waals surface area contributed by atoms with Crippen molar-refractivity contribution in [2.24, 2.45) is 11.8 Å². The molecule has 0 aliphatic heterocycles. The summed E-state index contributed by atoms with van der Waals surface area (Å²) in [5.74, 6) is 1.71. The third-order valence-corrected chi connectivity index (χ3v) is 4.10. The van der Waals surface area contributed by atoms with E-state index in [0.29, 0.717) is 0 Å². The second kappa shape index (κ2) is 17.3. The summed E-state index contributed by atoms with van der Waals surface area (Å²) in [6.07, 6.45) is 15.7. The predicted molar refractivity (Wildman–Crippen MR) is 97.0 cm³/mol. The van der Waals surface area contributed by atoms with Gasteiger partial charge in [-0.3, -0.25) is 0 Å². The molecule has 0 fully saturated rings. The number of unbranched alkanes of at least 4 members (excludes halogenated alkanes) is 8. The molecule has 2 nitrogen and oxygen atoms in total. The quantitative estimate of drug-likeness (QED) is 0.165. The van der Waals surface area contributed by atoms with E-state index in [2.05, 4.69) is 27.7 Å². The molecule has 0 aliphatic carbocycles. The average molecular weight is 315 g/mol. The van der Waals surface area contributed by atoms with Crippen molar-refractivity contribution in [2.45, 2.75) is 105 Å². The Morgan fingerprint density at radius 3 is 1.14 bits per heavy atom. The smallest absolute Gasteiger partial charge is 0.0822 e. The summed E-state index contributed by atoms with van der Waals surface area (Å²) < 4.78 is 0. The van der Waals surface area contributed by atoms with Crippen LogP contribution in [0.4, 0.5) is 0 Å². The third kappa shape index (κ3) is 19.9. The lowest BCUT2D eigenvalue weighted by Crippen LogP contribution is -1.99. The fraction of sp³-hybridized carbons (Fsp3) is 1.00. The standard InChI is InChI=1S/C20H42O2/c1-19(2)15-11-7-5-9-13-17-21-22-18-14-10-6-8-12-16-20(3)4/h19-20H,5-18H2,1-4H3. The van der Waals surface area contributed by atoms with Crippen LogP contribution in [-0.4, -0.2) is 13.2 Å². The van der Waals surface area contributed by atoms with Gasteiger partial charge in [-0.25, -0.2) is 9.78 Å². The Bertz CT molecular complexity index is 180. The van der Waals surface area contributed by atoms with Gasteiger partial charge in [-0.15, -0.1) is 0 Å². The minimum atomic E-state index is 0.762. The van der Waals surface area contributed by atoms with Gasteiger partial charge in [0.25, 0.3) is 0 Å². The maximum Gasteiger partial charge on any atom is 0.0822 e. The van der Waals surface area contributed by atoms with Gasteiger partial charge >= 0.3 is 0 Å². The van der Waals surface area contributed by atoms with Crippen molar-refractivity contribution in [2.75, 3.05) is 13.2 Å². The molecule has 0 aliphatic rings. The molecular weight excluding hydrogens is 272 g/mol. The Balaban J connectivity index is 2.97. The molecule has 0 spiro atoms. The van der Waals surface area contributed by atoms with Gasteiger partial charge in [0, 0.05) is 0 Å². The van der Waals surface area contributed by atoms with Gasteiger partial charge in [-0.1, -0.05) is 91.9 Å². The van der Waals surface area contributed by atoms with E-state index >= 15 is 0 Å². The summed E-state index contributed by atoms with van der Waals surface area (Å²) in [5.41, 5.74) is 0. The van der Waals surface area contributed by atoms with Crippen LogP contribution >= 0.6 is 0 Å². The minimum Gasteiger partial charge on any atom is -0.237 e. The van der Waals surface area contributed by atoms with Gasteiger partial charge in [0.15, 0.2) is 0 Å². The van der Waals surface area contributed by atoms with E-state index in [1.165, 1.54) is 64.2 Å². The van der Waals surface area contributed by atoms with Crippen LogP contribution in [0.25, 0.3) is 0 Å². The molecule has 0 amide bonds. The molecule has 2 heteroatoms. The van der Waals surface area contributed by atoms with E-state index in [-0.39, 0.29) is 0 Å². The van der Waals surface area contributed by atoms with Crippen LogP contribution in [0, 0.1) is 11.8 Å². The Morgan fingerprint density at radius 1 is 0.455 bits per heavy atom. The van der Waals surface area contributed by atoms with E-state index < -0.39 is 0 Å². The molecule has 0 saturated heterocycles. The Hall–Kier alpha value is -0.0800. The van der Waals surface area contributed by atoms with Gasteiger partial charge in [-0.2, -0.15) is 0 Å². The predicted octanol–water partition coefficient (Wildman–Crippen LogP) is 6.93. The van der Waals surface area contributed by atoms with Crippen molar-refractivity contribution in [1.82, 2.24) is 0 Å². The largest absolute Gasteiger partial charge is 0.237 e. The monoisotopic (exact) mass is 314 g/mol. The maximum absolute atomic E-state index is 5.24. The van der Waals surface area contributed by atoms with Crippen molar-refractivity contribution in [3.63, 3.8) is 0 Å². The summed E-state index contributed by atoms with van der Waals surface area (Å²) in [6.45, 7) is 10.7. The minimum absolute atomic E-state index is 0.762. The molecule has 0 unspecified atom stereocenters. The topological polar surface area (TPSA) is 18.5 Å². The van der Waals surface area contributed by atoms with Crippen molar-refractivity contribution in [1.29, 1.82) is 0 Å². The first-order valence-corrected chi connectivity index (χ1v) is 9.87. The zero-order valence-corrected chi connectivity index (χ0v) is 15.9. The van der Waals surface area contributed by atoms with Crippen LogP contribution in [0.5, 0.6) is 0 Å². The van der Waals surface area contributed by atoms with Crippen molar-refractivity contribution < 1.29 is 9.78 Å². The van der Waals surface area contributed by atoms with E-state index in [9.17, 15) is 0 Å². The average Bonchev–Trinajstić information content (AvgIpc) is 2.46. The zero-order valence-electron chi connectivity index (χ0n) is 15.9. The normalized spacial score (nSPS) is 11.7. The van der Waals surface area contributed by atoms with E-state index in [1.54, 1.807) is 0 Å². The number of hydrogen-bond acceptors (Lipinski definition) is 2. The maximum atomic E-state index is 5.24. The van der Waals surface area contributed by atoms with Crippen LogP contribution in [0.15, 0.2) is 0 Å². The van der Waals surface area contributed by atoms with E-state index in [1.807, 2.05) is 0 Å². The molecule has 0 saturated carbocycles. The zero-order chi connectivity index (χ0) is 16.5. The lowest BCUT2D eigenvalue weighted by molar-refractivity contribution is -0.295. The molecule has 0 aromatic rings. The summed E-state index contributed by atoms with van der Waals surface area (Å²) in [7, 11) is 0. The van der Waals surface area contributed by atoms with E-state index in [0.717, 1.165) is 37.9 Å². The van der Waals surface area contributed by atoms with Gasteiger partial charge in [0.1, 0.15) is 0 Å². The molecule has 0 N–H and O–H groups in total. The highest BCUT2D eigenvalue weighted by Gasteiger charge is 1.97. The fourth-order valence-electron chi connectivity index (χ4n) is 2.61. The Labute approximate surface area is 140 Å². The Kier molecular flexibility index (Phi) is 17.2. The molecule has 22 heavy (non-hydrogen) atoms. The van der Waals surface area contributed by atoms with Gasteiger partial charge in [0.2, 0.25) is 0 Å².